The molecule has 0 unspecified atom stereocenters. The summed E-state index contributed by atoms with van der Waals surface area (Å²) in [7, 11) is 1.67. The molecule has 2 N–H and O–H groups in total. The third-order valence-electron chi connectivity index (χ3n) is 3.53. The molecule has 2 rings (SSSR count). The van der Waals surface area contributed by atoms with Crippen molar-refractivity contribution in [1.82, 2.24) is 10.6 Å². The number of aliphatic imine (C=N–C) groups is 1. The molecule has 0 aromatic heterocycles. The van der Waals surface area contributed by atoms with Gasteiger partial charge in [0.1, 0.15) is 11.5 Å². The van der Waals surface area contributed by atoms with Crippen LogP contribution in [-0.2, 0) is 13.1 Å². The van der Waals surface area contributed by atoms with Crippen LogP contribution in [0.3, 0.4) is 0 Å². The van der Waals surface area contributed by atoms with Gasteiger partial charge in [-0.2, -0.15) is 8.78 Å². The van der Waals surface area contributed by atoms with Gasteiger partial charge in [0.15, 0.2) is 5.96 Å². The topological polar surface area (TPSA) is 54.9 Å². The molecule has 0 amide bonds. The number of guanidine groups is 1. The molecule has 0 saturated carbocycles. The van der Waals surface area contributed by atoms with Crippen LogP contribution in [0.2, 0.25) is 0 Å². The predicted molar refractivity (Wildman–Crippen MR) is 97.7 cm³/mol. The minimum atomic E-state index is -2.84. The number of rotatable bonds is 8. The smallest absolute Gasteiger partial charge is 0.387 e. The number of nitrogens with zero attached hydrogens (tertiary/aromatic N) is 1. The first-order valence-corrected chi connectivity index (χ1v) is 8.31. The van der Waals surface area contributed by atoms with Gasteiger partial charge in [-0.1, -0.05) is 30.3 Å². The van der Waals surface area contributed by atoms with E-state index in [0.717, 1.165) is 16.9 Å². The molecule has 0 aliphatic heterocycles. The van der Waals surface area contributed by atoms with Crippen molar-refractivity contribution in [2.45, 2.75) is 26.6 Å². The SMILES string of the molecule is CCOc1ccccc1CNC(=NC)NCc1cccc(OC(F)F)c1. The fraction of sp³-hybridized carbons (Fsp3) is 0.316. The molecule has 2 aromatic rings. The van der Waals surface area contributed by atoms with Crippen molar-refractivity contribution in [3.63, 3.8) is 0 Å². The van der Waals surface area contributed by atoms with E-state index in [4.69, 9.17) is 4.74 Å². The average Bonchev–Trinajstić information content (AvgIpc) is 2.63. The molecule has 0 aliphatic carbocycles. The lowest BCUT2D eigenvalue weighted by Gasteiger charge is -2.14. The number of halogens is 2. The maximum Gasteiger partial charge on any atom is 0.387 e. The van der Waals surface area contributed by atoms with Crippen LogP contribution in [0.4, 0.5) is 8.78 Å². The van der Waals surface area contributed by atoms with Crippen LogP contribution in [0.25, 0.3) is 0 Å². The highest BCUT2D eigenvalue weighted by atomic mass is 19.3. The van der Waals surface area contributed by atoms with Crippen LogP contribution in [0, 0.1) is 0 Å². The highest BCUT2D eigenvalue weighted by Crippen LogP contribution is 2.18. The van der Waals surface area contributed by atoms with Crippen LogP contribution < -0.4 is 20.1 Å². The molecule has 7 heteroatoms. The monoisotopic (exact) mass is 363 g/mol. The van der Waals surface area contributed by atoms with Crippen LogP contribution >= 0.6 is 0 Å². The van der Waals surface area contributed by atoms with E-state index < -0.39 is 6.61 Å². The lowest BCUT2D eigenvalue weighted by molar-refractivity contribution is -0.0498. The highest BCUT2D eigenvalue weighted by molar-refractivity contribution is 5.79. The summed E-state index contributed by atoms with van der Waals surface area (Å²) < 4.78 is 34.6. The van der Waals surface area contributed by atoms with Gasteiger partial charge in [0.25, 0.3) is 0 Å². The van der Waals surface area contributed by atoms with Crippen molar-refractivity contribution in [1.29, 1.82) is 0 Å². The maximum atomic E-state index is 12.3. The van der Waals surface area contributed by atoms with E-state index in [1.54, 1.807) is 19.2 Å². The minimum absolute atomic E-state index is 0.132. The third kappa shape index (κ3) is 6.23. The maximum absolute atomic E-state index is 12.3. The molecule has 2 aromatic carbocycles. The van der Waals surface area contributed by atoms with Crippen molar-refractivity contribution in [2.24, 2.45) is 4.99 Å². The van der Waals surface area contributed by atoms with E-state index in [-0.39, 0.29) is 5.75 Å². The van der Waals surface area contributed by atoms with Crippen molar-refractivity contribution in [3.05, 3.63) is 59.7 Å². The number of benzene rings is 2. The standard InChI is InChI=1S/C19H23F2N3O2/c1-3-25-17-10-5-4-8-15(17)13-24-19(22-2)23-12-14-7-6-9-16(11-14)26-18(20)21/h4-11,18H,3,12-13H2,1-2H3,(H2,22,23,24). The number of hydrogen-bond acceptors (Lipinski definition) is 3. The summed E-state index contributed by atoms with van der Waals surface area (Å²) in [5.41, 5.74) is 1.82. The average molecular weight is 363 g/mol. The first-order chi connectivity index (χ1) is 12.6. The Hall–Kier alpha value is -2.83. The summed E-state index contributed by atoms with van der Waals surface area (Å²) in [5.74, 6) is 1.55. The van der Waals surface area contributed by atoms with E-state index in [1.165, 1.54) is 6.07 Å². The summed E-state index contributed by atoms with van der Waals surface area (Å²) in [4.78, 5) is 4.17. The van der Waals surface area contributed by atoms with Gasteiger partial charge >= 0.3 is 6.61 Å². The van der Waals surface area contributed by atoms with Crippen molar-refractivity contribution < 1.29 is 18.3 Å². The van der Waals surface area contributed by atoms with E-state index >= 15 is 0 Å². The van der Waals surface area contributed by atoms with Crippen molar-refractivity contribution in [3.8, 4) is 11.5 Å². The van der Waals surface area contributed by atoms with Gasteiger partial charge in [-0.25, -0.2) is 0 Å². The Morgan fingerprint density at radius 1 is 1.08 bits per heavy atom. The first-order valence-electron chi connectivity index (χ1n) is 8.31. The molecular formula is C19H23F2N3O2. The largest absolute Gasteiger partial charge is 0.494 e. The molecule has 0 heterocycles. The van der Waals surface area contributed by atoms with Gasteiger partial charge in [0.05, 0.1) is 6.61 Å². The summed E-state index contributed by atoms with van der Waals surface area (Å²) >= 11 is 0. The molecule has 0 spiro atoms. The predicted octanol–water partition coefficient (Wildman–Crippen LogP) is 3.55. The number of nitrogens with one attached hydrogen (secondary N) is 2. The van der Waals surface area contributed by atoms with Crippen LogP contribution in [0.5, 0.6) is 11.5 Å². The Morgan fingerprint density at radius 3 is 2.58 bits per heavy atom. The zero-order valence-corrected chi connectivity index (χ0v) is 14.8. The van der Waals surface area contributed by atoms with Crippen molar-refractivity contribution in [2.75, 3.05) is 13.7 Å². The number of hydrogen-bond donors (Lipinski definition) is 2. The Labute approximate surface area is 152 Å². The van der Waals surface area contributed by atoms with Gasteiger partial charge in [0, 0.05) is 25.7 Å². The van der Waals surface area contributed by atoms with Gasteiger partial charge in [-0.05, 0) is 30.7 Å². The Morgan fingerprint density at radius 2 is 1.85 bits per heavy atom. The zero-order valence-electron chi connectivity index (χ0n) is 14.8. The fourth-order valence-electron chi connectivity index (χ4n) is 2.36. The number of ether oxygens (including phenoxy) is 2. The molecule has 140 valence electrons. The zero-order chi connectivity index (χ0) is 18.8. The number of alkyl halides is 2. The lowest BCUT2D eigenvalue weighted by Crippen LogP contribution is -2.36. The molecule has 0 saturated heterocycles. The van der Waals surface area contributed by atoms with Gasteiger partial charge in [-0.3, -0.25) is 4.99 Å². The van der Waals surface area contributed by atoms with Gasteiger partial charge in [0.2, 0.25) is 0 Å². The lowest BCUT2D eigenvalue weighted by atomic mass is 10.2. The molecule has 0 radical (unpaired) electrons. The molecule has 26 heavy (non-hydrogen) atoms. The second-order valence-electron chi connectivity index (χ2n) is 5.35. The molecule has 0 fully saturated rings. The third-order valence-corrected chi connectivity index (χ3v) is 3.53. The Balaban J connectivity index is 1.90. The van der Waals surface area contributed by atoms with Crippen molar-refractivity contribution >= 4 is 5.96 Å². The first kappa shape index (κ1) is 19.5. The minimum Gasteiger partial charge on any atom is -0.494 e. The molecule has 0 bridgehead atoms. The van der Waals surface area contributed by atoms with Crippen LogP contribution in [-0.4, -0.2) is 26.2 Å². The molecule has 0 aliphatic rings. The van der Waals surface area contributed by atoms with E-state index in [1.807, 2.05) is 37.3 Å². The quantitative estimate of drug-likeness (QED) is 0.556. The summed E-state index contributed by atoms with van der Waals surface area (Å²) in [6.07, 6.45) is 0. The summed E-state index contributed by atoms with van der Waals surface area (Å²) in [6.45, 7) is 0.674. The van der Waals surface area contributed by atoms with E-state index in [9.17, 15) is 8.78 Å². The van der Waals surface area contributed by atoms with E-state index in [2.05, 4.69) is 20.4 Å². The van der Waals surface area contributed by atoms with Crippen LogP contribution in [0.15, 0.2) is 53.5 Å². The second-order valence-corrected chi connectivity index (χ2v) is 5.35. The second kappa shape index (κ2) is 10.2. The summed E-state index contributed by atoms with van der Waals surface area (Å²) in [5, 5.41) is 6.35. The van der Waals surface area contributed by atoms with Gasteiger partial charge in [-0.15, -0.1) is 0 Å². The van der Waals surface area contributed by atoms with Gasteiger partial charge < -0.3 is 20.1 Å². The molecular weight excluding hydrogens is 340 g/mol. The summed E-state index contributed by atoms with van der Waals surface area (Å²) in [6, 6.07) is 14.3. The fourth-order valence-corrected chi connectivity index (χ4v) is 2.36. The Kier molecular flexibility index (Phi) is 7.67. The number of para-hydroxylation sites is 1. The highest BCUT2D eigenvalue weighted by Gasteiger charge is 2.06. The molecule has 0 atom stereocenters. The van der Waals surface area contributed by atoms with E-state index in [0.29, 0.717) is 25.7 Å². The Bertz CT molecular complexity index is 723. The molecule has 5 nitrogen and oxygen atoms in total. The normalized spacial score (nSPS) is 11.3. The van der Waals surface area contributed by atoms with Crippen LogP contribution in [0.1, 0.15) is 18.1 Å².